The zero-order valence-electron chi connectivity index (χ0n) is 15.3. The Labute approximate surface area is 140 Å². The van der Waals surface area contributed by atoms with Crippen molar-refractivity contribution < 1.29 is 14.2 Å². The van der Waals surface area contributed by atoms with Crippen LogP contribution in [0.15, 0.2) is 0 Å². The molecule has 0 aromatic rings. The minimum Gasteiger partial charge on any atom is -0.364 e. The van der Waals surface area contributed by atoms with Crippen molar-refractivity contribution in [1.29, 1.82) is 0 Å². The maximum absolute atomic E-state index is 12.8. The molecule has 1 fully saturated rings. The fourth-order valence-electron chi connectivity index (χ4n) is 3.49. The van der Waals surface area contributed by atoms with Crippen LogP contribution in [0.2, 0.25) is 0 Å². The van der Waals surface area contributed by atoms with Crippen molar-refractivity contribution in [3.63, 3.8) is 0 Å². The topological polar surface area (TPSA) is 92.7 Å². The number of hydrogen-bond acceptors (Lipinski definition) is 4. The first-order chi connectivity index (χ1) is 10.6. The maximum atomic E-state index is 12.8. The molecule has 0 radical (unpaired) electrons. The van der Waals surface area contributed by atoms with E-state index in [4.69, 9.17) is 11.6 Å². The number of piperidine rings is 1. The summed E-state index contributed by atoms with van der Waals surface area (Å²) < 4.78 is -0.491. The Kier molecular flexibility index (Phi) is 6.98. The Morgan fingerprint density at radius 1 is 1.26 bits per heavy atom. The molecule has 3 amide bonds. The molecule has 134 valence electrons. The highest BCUT2D eigenvalue weighted by molar-refractivity contribution is 5.81. The van der Waals surface area contributed by atoms with Crippen LogP contribution in [0.5, 0.6) is 0 Å². The lowest BCUT2D eigenvalue weighted by Gasteiger charge is -2.39. The number of nitrogens with two attached hydrogens (primary N) is 2. The Morgan fingerprint density at radius 2 is 1.78 bits per heavy atom. The summed E-state index contributed by atoms with van der Waals surface area (Å²) >= 11 is 0. The lowest BCUT2D eigenvalue weighted by atomic mass is 9.93. The summed E-state index contributed by atoms with van der Waals surface area (Å²) in [6.07, 6.45) is 3.13. The predicted octanol–water partition coefficient (Wildman–Crippen LogP) is 0.600. The largest absolute Gasteiger partial charge is 0.438 e. The van der Waals surface area contributed by atoms with Gasteiger partial charge >= 0.3 is 6.03 Å². The number of nitrogens with zero attached hydrogens (tertiary/aromatic N) is 3. The van der Waals surface area contributed by atoms with Crippen molar-refractivity contribution >= 4 is 11.9 Å². The van der Waals surface area contributed by atoms with Gasteiger partial charge in [-0.2, -0.15) is 10.4 Å². The zero-order valence-corrected chi connectivity index (χ0v) is 15.3. The summed E-state index contributed by atoms with van der Waals surface area (Å²) in [4.78, 5) is 28.5. The van der Waals surface area contributed by atoms with Gasteiger partial charge < -0.3 is 10.6 Å². The normalized spacial score (nSPS) is 20.6. The van der Waals surface area contributed by atoms with Crippen LogP contribution < -0.4 is 11.6 Å². The molecule has 2 unspecified atom stereocenters. The second kappa shape index (κ2) is 8.08. The van der Waals surface area contributed by atoms with E-state index in [1.54, 1.807) is 11.9 Å². The van der Waals surface area contributed by atoms with E-state index in [1.807, 2.05) is 13.8 Å². The molecule has 23 heavy (non-hydrogen) atoms. The van der Waals surface area contributed by atoms with Crippen LogP contribution in [-0.2, 0) is 4.79 Å². The van der Waals surface area contributed by atoms with Crippen molar-refractivity contribution in [2.75, 3.05) is 40.8 Å². The van der Waals surface area contributed by atoms with Gasteiger partial charge in [-0.25, -0.2) is 4.79 Å². The molecule has 0 bridgehead atoms. The SMILES string of the molecule is CC(C)C(C(N)=O)[N+](C)(N)C(=O)N1CCC(CCN(C)C)CC1. The lowest BCUT2D eigenvalue weighted by molar-refractivity contribution is -0.865. The summed E-state index contributed by atoms with van der Waals surface area (Å²) in [5, 5.41) is 0. The molecule has 2 atom stereocenters. The van der Waals surface area contributed by atoms with Crippen molar-refractivity contribution in [3.05, 3.63) is 0 Å². The summed E-state index contributed by atoms with van der Waals surface area (Å²) in [6, 6.07) is -0.928. The molecule has 7 nitrogen and oxygen atoms in total. The van der Waals surface area contributed by atoms with Gasteiger partial charge in [0.1, 0.15) is 0 Å². The van der Waals surface area contributed by atoms with E-state index in [9.17, 15) is 9.59 Å². The van der Waals surface area contributed by atoms with Crippen LogP contribution in [0.4, 0.5) is 4.79 Å². The summed E-state index contributed by atoms with van der Waals surface area (Å²) in [7, 11) is 5.73. The van der Waals surface area contributed by atoms with Crippen LogP contribution in [0.25, 0.3) is 0 Å². The van der Waals surface area contributed by atoms with Gasteiger partial charge in [-0.1, -0.05) is 13.8 Å². The van der Waals surface area contributed by atoms with Crippen molar-refractivity contribution in [3.8, 4) is 0 Å². The van der Waals surface area contributed by atoms with Crippen LogP contribution >= 0.6 is 0 Å². The van der Waals surface area contributed by atoms with Crippen LogP contribution in [0, 0.1) is 11.8 Å². The molecule has 4 N–H and O–H groups in total. The zero-order chi connectivity index (χ0) is 17.8. The standard InChI is InChI=1S/C16H33N5O2/c1-12(2)14(15(17)22)21(5,18)16(23)20-10-7-13(8-11-20)6-9-19(3)4/h12-14H,6-11,18H2,1-5H3,(H-,17,22)/p+1. The van der Waals surface area contributed by atoms with E-state index in [0.29, 0.717) is 19.0 Å². The van der Waals surface area contributed by atoms with Crippen LogP contribution in [0.3, 0.4) is 0 Å². The molecular weight excluding hydrogens is 294 g/mol. The van der Waals surface area contributed by atoms with Gasteiger partial charge in [0, 0.05) is 19.0 Å². The molecule has 1 heterocycles. The molecule has 1 saturated heterocycles. The number of urea groups is 1. The number of carbonyl (C=O) groups excluding carboxylic acids is 2. The number of likely N-dealkylation sites (tertiary alicyclic amines) is 1. The first-order valence-electron chi connectivity index (χ1n) is 8.45. The van der Waals surface area contributed by atoms with Crippen molar-refractivity contribution in [1.82, 2.24) is 9.80 Å². The first kappa shape index (κ1) is 19.9. The average Bonchev–Trinajstić information content (AvgIpc) is 2.43. The summed E-state index contributed by atoms with van der Waals surface area (Å²) in [5.74, 6) is 6.24. The number of primary amides is 1. The third kappa shape index (κ3) is 5.16. The molecule has 0 aromatic heterocycles. The van der Waals surface area contributed by atoms with Crippen molar-refractivity contribution in [2.45, 2.75) is 39.2 Å². The first-order valence-corrected chi connectivity index (χ1v) is 8.45. The molecule has 0 aliphatic carbocycles. The van der Waals surface area contributed by atoms with E-state index >= 15 is 0 Å². The van der Waals surface area contributed by atoms with Gasteiger partial charge in [0.25, 0.3) is 5.91 Å². The molecule has 1 aliphatic heterocycles. The fraction of sp³-hybridized carbons (Fsp3) is 0.875. The fourth-order valence-corrected chi connectivity index (χ4v) is 3.49. The Balaban J connectivity index is 2.66. The maximum Gasteiger partial charge on any atom is 0.438 e. The van der Waals surface area contributed by atoms with Gasteiger partial charge in [-0.05, 0) is 45.8 Å². The highest BCUT2D eigenvalue weighted by atomic mass is 16.2. The van der Waals surface area contributed by atoms with Crippen LogP contribution in [-0.4, -0.2) is 73.1 Å². The number of rotatable bonds is 6. The van der Waals surface area contributed by atoms with E-state index < -0.39 is 16.5 Å². The highest BCUT2D eigenvalue weighted by Gasteiger charge is 2.46. The minimum atomic E-state index is -0.714. The number of carbonyl (C=O) groups is 2. The third-order valence-corrected chi connectivity index (χ3v) is 4.78. The Hall–Kier alpha value is -1.18. The number of hydrogen-bond donors (Lipinski definition) is 2. The number of likely N-dealkylation sites (N-methyl/N-ethyl adjacent to an activating group) is 1. The van der Waals surface area contributed by atoms with Crippen LogP contribution in [0.1, 0.15) is 33.1 Å². The lowest BCUT2D eigenvalue weighted by Crippen LogP contribution is -2.70. The molecule has 1 rings (SSSR count). The molecule has 7 heteroatoms. The summed E-state index contributed by atoms with van der Waals surface area (Å²) in [5.41, 5.74) is 5.47. The second-order valence-corrected chi connectivity index (χ2v) is 7.54. The van der Waals surface area contributed by atoms with Gasteiger partial charge in [0.05, 0.1) is 7.05 Å². The van der Waals surface area contributed by atoms with Gasteiger partial charge in [-0.15, -0.1) is 0 Å². The Morgan fingerprint density at radius 3 is 2.17 bits per heavy atom. The van der Waals surface area contributed by atoms with E-state index in [1.165, 1.54) is 0 Å². The van der Waals surface area contributed by atoms with E-state index in [2.05, 4.69) is 19.0 Å². The second-order valence-electron chi connectivity index (χ2n) is 7.54. The molecule has 1 aliphatic rings. The van der Waals surface area contributed by atoms with Crippen molar-refractivity contribution in [2.24, 2.45) is 23.4 Å². The molecular formula is C16H34N5O2+. The molecule has 0 aromatic carbocycles. The number of quaternary nitrogens is 1. The average molecular weight is 328 g/mol. The molecule has 0 saturated carbocycles. The molecule has 0 spiro atoms. The van der Waals surface area contributed by atoms with Gasteiger partial charge in [-0.3, -0.25) is 9.69 Å². The smallest absolute Gasteiger partial charge is 0.364 e. The minimum absolute atomic E-state index is 0.0934. The monoisotopic (exact) mass is 328 g/mol. The van der Waals surface area contributed by atoms with Gasteiger partial charge in [0.15, 0.2) is 6.04 Å². The quantitative estimate of drug-likeness (QED) is 0.323. The van der Waals surface area contributed by atoms with E-state index in [0.717, 1.165) is 25.8 Å². The third-order valence-electron chi connectivity index (χ3n) is 4.78. The van der Waals surface area contributed by atoms with Gasteiger partial charge in [0.2, 0.25) is 0 Å². The number of amides is 3. The Bertz CT molecular complexity index is 415. The summed E-state index contributed by atoms with van der Waals surface area (Å²) in [6.45, 7) is 6.19. The van der Waals surface area contributed by atoms with E-state index in [-0.39, 0.29) is 11.9 Å². The highest BCUT2D eigenvalue weighted by Crippen LogP contribution is 2.24. The predicted molar refractivity (Wildman–Crippen MR) is 91.1 cm³/mol.